The van der Waals surface area contributed by atoms with Crippen LogP contribution < -0.4 is 5.32 Å². The van der Waals surface area contributed by atoms with Crippen molar-refractivity contribution < 1.29 is 4.79 Å². The Labute approximate surface area is 123 Å². The molecular weight excluding hydrogens is 270 g/mol. The predicted molar refractivity (Wildman–Crippen MR) is 80.9 cm³/mol. The molecule has 1 N–H and O–H groups in total. The largest absolute Gasteiger partial charge is 0.349 e. The zero-order chi connectivity index (χ0) is 14.4. The quantitative estimate of drug-likeness (QED) is 0.859. The van der Waals surface area contributed by atoms with E-state index in [2.05, 4.69) is 15.3 Å². The van der Waals surface area contributed by atoms with Gasteiger partial charge in [-0.1, -0.05) is 6.07 Å². The molecule has 1 amide bonds. The fourth-order valence-electron chi connectivity index (χ4n) is 1.95. The van der Waals surface area contributed by atoms with Crippen LogP contribution in [0.25, 0.3) is 0 Å². The van der Waals surface area contributed by atoms with Gasteiger partial charge in [0.2, 0.25) is 0 Å². The van der Waals surface area contributed by atoms with Crippen molar-refractivity contribution in [3.63, 3.8) is 0 Å². The minimum absolute atomic E-state index is 0.0432. The summed E-state index contributed by atoms with van der Waals surface area (Å²) in [5.41, 5.74) is 1.73. The van der Waals surface area contributed by atoms with E-state index in [-0.39, 0.29) is 11.9 Å². The van der Waals surface area contributed by atoms with Gasteiger partial charge < -0.3 is 5.32 Å². The molecule has 0 aliphatic carbocycles. The minimum atomic E-state index is -0.0844. The van der Waals surface area contributed by atoms with Gasteiger partial charge in [-0.3, -0.25) is 9.78 Å². The molecule has 2 rings (SSSR count). The van der Waals surface area contributed by atoms with Crippen LogP contribution in [0, 0.1) is 0 Å². The highest BCUT2D eigenvalue weighted by molar-refractivity contribution is 7.98. The van der Waals surface area contributed by atoms with Gasteiger partial charge in [0.05, 0.1) is 5.56 Å². The Bertz CT molecular complexity index is 574. The number of aromatic nitrogens is 2. The second kappa shape index (κ2) is 7.05. The lowest BCUT2D eigenvalue weighted by Gasteiger charge is -2.14. The number of carbonyl (C=O) groups excluding carboxylic acids is 1. The Morgan fingerprint density at radius 3 is 2.85 bits per heavy atom. The van der Waals surface area contributed by atoms with Crippen LogP contribution in [0.4, 0.5) is 0 Å². The molecule has 0 bridgehead atoms. The molecule has 2 heterocycles. The molecule has 1 atom stereocenters. The van der Waals surface area contributed by atoms with Crippen molar-refractivity contribution in [2.45, 2.75) is 24.4 Å². The molecular formula is C15H17N3OS. The molecule has 2 aromatic rings. The summed E-state index contributed by atoms with van der Waals surface area (Å²) in [6, 6.07) is 7.52. The minimum Gasteiger partial charge on any atom is -0.349 e. The Hall–Kier alpha value is -1.88. The molecule has 0 spiro atoms. The molecule has 20 heavy (non-hydrogen) atoms. The maximum Gasteiger partial charge on any atom is 0.254 e. The van der Waals surface area contributed by atoms with E-state index in [0.717, 1.165) is 17.0 Å². The third kappa shape index (κ3) is 3.81. The SMILES string of the molecule is CSc1ncccc1C(=O)N[C@H](C)Cc1cccnc1. The summed E-state index contributed by atoms with van der Waals surface area (Å²) < 4.78 is 0. The first-order valence-corrected chi connectivity index (χ1v) is 7.62. The van der Waals surface area contributed by atoms with Crippen molar-refractivity contribution >= 4 is 17.7 Å². The fraction of sp³-hybridized carbons (Fsp3) is 0.267. The van der Waals surface area contributed by atoms with Crippen molar-refractivity contribution in [3.8, 4) is 0 Å². The molecule has 0 aliphatic rings. The third-order valence-electron chi connectivity index (χ3n) is 2.85. The number of hydrogen-bond acceptors (Lipinski definition) is 4. The predicted octanol–water partition coefficient (Wildman–Crippen LogP) is 2.56. The Kier molecular flexibility index (Phi) is 5.12. The maximum atomic E-state index is 12.2. The van der Waals surface area contributed by atoms with Crippen molar-refractivity contribution in [1.82, 2.24) is 15.3 Å². The highest BCUT2D eigenvalue weighted by Gasteiger charge is 2.14. The average Bonchev–Trinajstić information content (AvgIpc) is 2.48. The van der Waals surface area contributed by atoms with Crippen LogP contribution in [0.2, 0.25) is 0 Å². The number of rotatable bonds is 5. The molecule has 5 heteroatoms. The van der Waals surface area contributed by atoms with Gasteiger partial charge in [-0.15, -0.1) is 11.8 Å². The van der Waals surface area contributed by atoms with Gasteiger partial charge in [0.25, 0.3) is 5.91 Å². The third-order valence-corrected chi connectivity index (χ3v) is 3.56. The van der Waals surface area contributed by atoms with E-state index in [1.807, 2.05) is 31.5 Å². The second-order valence-corrected chi connectivity index (χ2v) is 5.30. The number of pyridine rings is 2. The first kappa shape index (κ1) is 14.5. The van der Waals surface area contributed by atoms with Crippen LogP contribution >= 0.6 is 11.8 Å². The van der Waals surface area contributed by atoms with Gasteiger partial charge in [0, 0.05) is 24.6 Å². The number of hydrogen-bond donors (Lipinski definition) is 1. The number of carbonyl (C=O) groups is 1. The molecule has 0 fully saturated rings. The van der Waals surface area contributed by atoms with Crippen LogP contribution in [-0.4, -0.2) is 28.2 Å². The normalized spacial score (nSPS) is 11.9. The van der Waals surface area contributed by atoms with Crippen LogP contribution in [0.3, 0.4) is 0 Å². The summed E-state index contributed by atoms with van der Waals surface area (Å²) in [7, 11) is 0. The topological polar surface area (TPSA) is 54.9 Å². The summed E-state index contributed by atoms with van der Waals surface area (Å²) in [6.45, 7) is 1.99. The van der Waals surface area contributed by atoms with E-state index in [0.29, 0.717) is 5.56 Å². The standard InChI is InChI=1S/C15H17N3OS/c1-11(9-12-5-3-7-16-10-12)18-14(19)13-6-4-8-17-15(13)20-2/h3-8,10-11H,9H2,1-2H3,(H,18,19)/t11-/m1/s1. The van der Waals surface area contributed by atoms with Gasteiger partial charge in [-0.05, 0) is 43.4 Å². The van der Waals surface area contributed by atoms with Gasteiger partial charge in [-0.2, -0.15) is 0 Å². The molecule has 2 aromatic heterocycles. The second-order valence-electron chi connectivity index (χ2n) is 4.50. The molecule has 0 saturated heterocycles. The number of nitrogens with zero attached hydrogens (tertiary/aromatic N) is 2. The Morgan fingerprint density at radius 2 is 2.15 bits per heavy atom. The van der Waals surface area contributed by atoms with Crippen LogP contribution in [-0.2, 0) is 6.42 Å². The Morgan fingerprint density at radius 1 is 1.35 bits per heavy atom. The zero-order valence-corrected chi connectivity index (χ0v) is 12.4. The molecule has 0 radical (unpaired) electrons. The fourth-order valence-corrected chi connectivity index (χ4v) is 2.50. The van der Waals surface area contributed by atoms with Crippen molar-refractivity contribution in [1.29, 1.82) is 0 Å². The maximum absolute atomic E-state index is 12.2. The lowest BCUT2D eigenvalue weighted by molar-refractivity contribution is 0.0936. The smallest absolute Gasteiger partial charge is 0.254 e. The molecule has 0 aromatic carbocycles. The van der Waals surface area contributed by atoms with Gasteiger partial charge in [0.1, 0.15) is 5.03 Å². The van der Waals surface area contributed by atoms with Crippen LogP contribution in [0.15, 0.2) is 47.9 Å². The zero-order valence-electron chi connectivity index (χ0n) is 11.5. The van der Waals surface area contributed by atoms with Crippen molar-refractivity contribution in [2.75, 3.05) is 6.26 Å². The van der Waals surface area contributed by atoms with E-state index >= 15 is 0 Å². The van der Waals surface area contributed by atoms with E-state index in [4.69, 9.17) is 0 Å². The van der Waals surface area contributed by atoms with E-state index in [1.54, 1.807) is 24.5 Å². The van der Waals surface area contributed by atoms with E-state index < -0.39 is 0 Å². The lowest BCUT2D eigenvalue weighted by atomic mass is 10.1. The molecule has 0 unspecified atom stereocenters. The summed E-state index contributed by atoms with van der Waals surface area (Å²) in [6.07, 6.45) is 7.93. The molecule has 4 nitrogen and oxygen atoms in total. The van der Waals surface area contributed by atoms with Crippen molar-refractivity contribution in [3.05, 3.63) is 54.0 Å². The van der Waals surface area contributed by atoms with Gasteiger partial charge in [0.15, 0.2) is 0 Å². The van der Waals surface area contributed by atoms with Crippen LogP contribution in [0.5, 0.6) is 0 Å². The number of nitrogens with one attached hydrogen (secondary N) is 1. The monoisotopic (exact) mass is 287 g/mol. The summed E-state index contributed by atoms with van der Waals surface area (Å²) >= 11 is 1.47. The number of amides is 1. The first-order valence-electron chi connectivity index (χ1n) is 6.39. The molecule has 104 valence electrons. The first-order chi connectivity index (χ1) is 9.70. The molecule has 0 saturated carbocycles. The summed E-state index contributed by atoms with van der Waals surface area (Å²) in [4.78, 5) is 20.5. The van der Waals surface area contributed by atoms with Gasteiger partial charge in [-0.25, -0.2) is 4.98 Å². The average molecular weight is 287 g/mol. The van der Waals surface area contributed by atoms with Gasteiger partial charge >= 0.3 is 0 Å². The highest BCUT2D eigenvalue weighted by atomic mass is 32.2. The van der Waals surface area contributed by atoms with E-state index in [9.17, 15) is 4.79 Å². The summed E-state index contributed by atoms with van der Waals surface area (Å²) in [5.74, 6) is -0.0844. The Balaban J connectivity index is 2.00. The summed E-state index contributed by atoms with van der Waals surface area (Å²) in [5, 5.41) is 3.75. The number of thioether (sulfide) groups is 1. The highest BCUT2D eigenvalue weighted by Crippen LogP contribution is 2.16. The van der Waals surface area contributed by atoms with Crippen molar-refractivity contribution in [2.24, 2.45) is 0 Å². The lowest BCUT2D eigenvalue weighted by Crippen LogP contribution is -2.34. The molecule has 0 aliphatic heterocycles. The van der Waals surface area contributed by atoms with Crippen LogP contribution in [0.1, 0.15) is 22.8 Å². The van der Waals surface area contributed by atoms with E-state index in [1.165, 1.54) is 11.8 Å².